The number of amides is 1. The van der Waals surface area contributed by atoms with Gasteiger partial charge in [-0.05, 0) is 39.7 Å². The highest BCUT2D eigenvalue weighted by atomic mass is 79.9. The lowest BCUT2D eigenvalue weighted by Crippen LogP contribution is -2.46. The van der Waals surface area contributed by atoms with Gasteiger partial charge in [-0.3, -0.25) is 9.69 Å². The fourth-order valence-electron chi connectivity index (χ4n) is 2.74. The van der Waals surface area contributed by atoms with Crippen molar-refractivity contribution >= 4 is 39.2 Å². The third-order valence-corrected chi connectivity index (χ3v) is 5.56. The van der Waals surface area contributed by atoms with E-state index in [2.05, 4.69) is 50.4 Å². The fraction of sp³-hybridized carbons (Fsp3) is 0.316. The summed E-state index contributed by atoms with van der Waals surface area (Å²) in [6.07, 6.45) is 3.43. The average molecular weight is 421 g/mol. The van der Waals surface area contributed by atoms with E-state index < -0.39 is 0 Å². The number of thiophene rings is 1. The monoisotopic (exact) mass is 420 g/mol. The Bertz CT molecular complexity index is 717. The smallest absolute Gasteiger partial charge is 0.244 e. The minimum atomic E-state index is -0.0895. The van der Waals surface area contributed by atoms with Gasteiger partial charge in [-0.25, -0.2) is 0 Å². The van der Waals surface area contributed by atoms with Crippen molar-refractivity contribution in [2.45, 2.75) is 12.6 Å². The van der Waals surface area contributed by atoms with Crippen LogP contribution in [0.5, 0.6) is 0 Å². The first kappa shape index (κ1) is 18.3. The van der Waals surface area contributed by atoms with Gasteiger partial charge >= 0.3 is 0 Å². The summed E-state index contributed by atoms with van der Waals surface area (Å²) < 4.78 is 6.83. The van der Waals surface area contributed by atoms with Gasteiger partial charge in [-0.15, -0.1) is 11.3 Å². The van der Waals surface area contributed by atoms with E-state index in [1.807, 2.05) is 24.3 Å². The second-order valence-electron chi connectivity index (χ2n) is 5.93. The first-order valence-corrected chi connectivity index (χ1v) is 9.89. The number of carbonyl (C=O) groups is 1. The molecule has 1 aliphatic rings. The Labute approximate surface area is 160 Å². The van der Waals surface area contributed by atoms with Crippen LogP contribution in [0.2, 0.25) is 0 Å². The molecule has 0 radical (unpaired) electrons. The maximum Gasteiger partial charge on any atom is 0.244 e. The number of hydrogen-bond acceptors (Lipinski definition) is 4. The van der Waals surface area contributed by atoms with Crippen molar-refractivity contribution in [3.05, 3.63) is 62.8 Å². The molecule has 1 saturated heterocycles. The van der Waals surface area contributed by atoms with Gasteiger partial charge in [0.05, 0.1) is 16.5 Å². The molecule has 2 aromatic rings. The van der Waals surface area contributed by atoms with Crippen molar-refractivity contribution in [3.8, 4) is 0 Å². The third kappa shape index (κ3) is 6.08. The highest BCUT2D eigenvalue weighted by Crippen LogP contribution is 2.22. The number of nitrogens with one attached hydrogen (secondary N) is 1. The summed E-state index contributed by atoms with van der Waals surface area (Å²) in [7, 11) is 0. The molecule has 0 bridgehead atoms. The summed E-state index contributed by atoms with van der Waals surface area (Å²) in [5.41, 5.74) is 1.30. The summed E-state index contributed by atoms with van der Waals surface area (Å²) >= 11 is 5.01. The molecule has 3 rings (SSSR count). The molecule has 1 amide bonds. The van der Waals surface area contributed by atoms with Crippen LogP contribution >= 0.6 is 27.3 Å². The summed E-state index contributed by atoms with van der Waals surface area (Å²) in [5, 5.41) is 2.93. The van der Waals surface area contributed by atoms with Crippen molar-refractivity contribution < 1.29 is 9.53 Å². The molecule has 1 aliphatic heterocycles. The molecule has 6 heteroatoms. The highest BCUT2D eigenvalue weighted by Gasteiger charge is 2.20. The van der Waals surface area contributed by atoms with Gasteiger partial charge in [-0.1, -0.05) is 30.3 Å². The molecule has 1 unspecified atom stereocenters. The van der Waals surface area contributed by atoms with Crippen LogP contribution in [0.4, 0.5) is 0 Å². The number of hydrogen-bond donors (Lipinski definition) is 1. The van der Waals surface area contributed by atoms with E-state index in [0.29, 0.717) is 13.2 Å². The molecule has 1 N–H and O–H groups in total. The molecule has 0 spiro atoms. The third-order valence-electron chi connectivity index (χ3n) is 3.97. The van der Waals surface area contributed by atoms with E-state index in [4.69, 9.17) is 4.74 Å². The Balaban J connectivity index is 1.43. The lowest BCUT2D eigenvalue weighted by molar-refractivity contribution is -0.117. The zero-order chi connectivity index (χ0) is 17.5. The summed E-state index contributed by atoms with van der Waals surface area (Å²) in [6.45, 7) is 3.90. The first-order chi connectivity index (χ1) is 12.2. The van der Waals surface area contributed by atoms with Gasteiger partial charge in [0.25, 0.3) is 0 Å². The molecule has 25 heavy (non-hydrogen) atoms. The normalized spacial score (nSPS) is 18.5. The van der Waals surface area contributed by atoms with Crippen molar-refractivity contribution in [2.24, 2.45) is 0 Å². The zero-order valence-corrected chi connectivity index (χ0v) is 16.3. The van der Waals surface area contributed by atoms with Crippen molar-refractivity contribution in [1.82, 2.24) is 10.2 Å². The average Bonchev–Trinajstić information content (AvgIpc) is 3.05. The van der Waals surface area contributed by atoms with E-state index in [9.17, 15) is 4.79 Å². The van der Waals surface area contributed by atoms with Gasteiger partial charge in [-0.2, -0.15) is 0 Å². The van der Waals surface area contributed by atoms with E-state index in [-0.39, 0.29) is 12.0 Å². The molecule has 0 saturated carbocycles. The van der Waals surface area contributed by atoms with Gasteiger partial charge in [0.1, 0.15) is 0 Å². The quantitative estimate of drug-likeness (QED) is 0.726. The standard InChI is InChI=1S/C19H21BrN2O2S/c20-18-8-6-17(25-18)7-9-19(23)21-12-16-14-22(10-11-24-16)13-15-4-2-1-3-5-15/h1-9,16H,10-14H2,(H,21,23). The van der Waals surface area contributed by atoms with Crippen LogP contribution in [-0.4, -0.2) is 43.2 Å². The van der Waals surface area contributed by atoms with Crippen LogP contribution in [0, 0.1) is 0 Å². The fourth-order valence-corrected chi connectivity index (χ4v) is 4.06. The number of rotatable bonds is 6. The topological polar surface area (TPSA) is 41.6 Å². The molecule has 132 valence electrons. The zero-order valence-electron chi connectivity index (χ0n) is 13.9. The predicted octanol–water partition coefficient (Wildman–Crippen LogP) is 3.54. The highest BCUT2D eigenvalue weighted by molar-refractivity contribution is 9.11. The number of nitrogens with zero attached hydrogens (tertiary/aromatic N) is 1. The Hall–Kier alpha value is -1.47. The number of morpholine rings is 1. The first-order valence-electron chi connectivity index (χ1n) is 8.28. The van der Waals surface area contributed by atoms with Crippen molar-refractivity contribution in [2.75, 3.05) is 26.2 Å². The predicted molar refractivity (Wildman–Crippen MR) is 106 cm³/mol. The number of halogens is 1. The molecule has 1 aromatic carbocycles. The second-order valence-corrected chi connectivity index (χ2v) is 8.43. The Kier molecular flexibility index (Phi) is 6.81. The van der Waals surface area contributed by atoms with Crippen molar-refractivity contribution in [3.63, 3.8) is 0 Å². The van der Waals surface area contributed by atoms with E-state index in [1.54, 1.807) is 17.4 Å². The van der Waals surface area contributed by atoms with E-state index in [1.165, 1.54) is 5.56 Å². The van der Waals surface area contributed by atoms with Gasteiger partial charge in [0.2, 0.25) is 5.91 Å². The maximum absolute atomic E-state index is 12.0. The van der Waals surface area contributed by atoms with Crippen LogP contribution in [0.15, 0.2) is 52.3 Å². The second kappa shape index (κ2) is 9.29. The molecule has 2 heterocycles. The lowest BCUT2D eigenvalue weighted by atomic mass is 10.2. The van der Waals surface area contributed by atoms with Crippen LogP contribution in [-0.2, 0) is 16.1 Å². The maximum atomic E-state index is 12.0. The molecule has 1 aromatic heterocycles. The minimum absolute atomic E-state index is 0.0331. The Morgan fingerprint density at radius 2 is 2.16 bits per heavy atom. The molecule has 1 fully saturated rings. The Morgan fingerprint density at radius 3 is 2.92 bits per heavy atom. The molecule has 1 atom stereocenters. The van der Waals surface area contributed by atoms with Crippen LogP contribution in [0.3, 0.4) is 0 Å². The largest absolute Gasteiger partial charge is 0.374 e. The minimum Gasteiger partial charge on any atom is -0.374 e. The summed E-state index contributed by atoms with van der Waals surface area (Å²) in [5.74, 6) is -0.0895. The van der Waals surface area contributed by atoms with Gasteiger partial charge in [0, 0.05) is 37.1 Å². The van der Waals surface area contributed by atoms with Gasteiger partial charge < -0.3 is 10.1 Å². The van der Waals surface area contributed by atoms with Crippen LogP contribution in [0.25, 0.3) is 6.08 Å². The molecule has 4 nitrogen and oxygen atoms in total. The SMILES string of the molecule is O=C(C=Cc1ccc(Br)s1)NCC1CN(Cc2ccccc2)CCO1. The number of ether oxygens (including phenoxy) is 1. The summed E-state index contributed by atoms with van der Waals surface area (Å²) in [4.78, 5) is 15.4. The number of carbonyl (C=O) groups excluding carboxylic acids is 1. The van der Waals surface area contributed by atoms with Crippen LogP contribution in [0.1, 0.15) is 10.4 Å². The van der Waals surface area contributed by atoms with E-state index in [0.717, 1.165) is 28.3 Å². The Morgan fingerprint density at radius 1 is 1.32 bits per heavy atom. The molecule has 0 aliphatic carbocycles. The lowest BCUT2D eigenvalue weighted by Gasteiger charge is -2.33. The summed E-state index contributed by atoms with van der Waals surface area (Å²) in [6, 6.07) is 14.4. The van der Waals surface area contributed by atoms with Gasteiger partial charge in [0.15, 0.2) is 0 Å². The van der Waals surface area contributed by atoms with Crippen LogP contribution < -0.4 is 5.32 Å². The molecular weight excluding hydrogens is 400 g/mol. The number of benzene rings is 1. The van der Waals surface area contributed by atoms with Crippen molar-refractivity contribution in [1.29, 1.82) is 0 Å². The van der Waals surface area contributed by atoms with E-state index >= 15 is 0 Å². The molecular formula is C19H21BrN2O2S.